The average Bonchev–Trinajstić information content (AvgIpc) is 3.33. The highest BCUT2D eigenvalue weighted by Crippen LogP contribution is 2.27. The van der Waals surface area contributed by atoms with E-state index in [1.165, 1.54) is 18.2 Å². The number of hydrogen-bond acceptors (Lipinski definition) is 5. The maximum atomic E-state index is 14.1. The van der Waals surface area contributed by atoms with Gasteiger partial charge in [0.2, 0.25) is 11.7 Å². The molecule has 0 aliphatic heterocycles. The molecule has 0 aliphatic carbocycles. The summed E-state index contributed by atoms with van der Waals surface area (Å²) in [6, 6.07) is 12.8. The molecule has 2 aromatic heterocycles. The van der Waals surface area contributed by atoms with E-state index in [0.717, 1.165) is 11.3 Å². The normalized spacial score (nSPS) is 10.7. The molecule has 2 heterocycles. The van der Waals surface area contributed by atoms with Gasteiger partial charge in [0.15, 0.2) is 0 Å². The van der Waals surface area contributed by atoms with E-state index in [1.54, 1.807) is 23.7 Å². The van der Waals surface area contributed by atoms with Crippen LogP contribution in [-0.2, 0) is 7.05 Å². The molecule has 8 heteroatoms. The van der Waals surface area contributed by atoms with Crippen LogP contribution in [0.15, 0.2) is 65.4 Å². The number of anilines is 1. The zero-order valence-electron chi connectivity index (χ0n) is 16.3. The minimum atomic E-state index is -0.690. The van der Waals surface area contributed by atoms with E-state index in [1.807, 2.05) is 25.2 Å². The molecule has 30 heavy (non-hydrogen) atoms. The Balaban J connectivity index is 1.59. The fourth-order valence-corrected chi connectivity index (χ4v) is 3.05. The molecule has 0 amide bonds. The number of nitrogens with zero attached hydrogens (tertiary/aromatic N) is 4. The second-order valence-corrected chi connectivity index (χ2v) is 6.53. The highest BCUT2D eigenvalue weighted by molar-refractivity contribution is 5.78. The minimum Gasteiger partial charge on any atom is -0.348 e. The van der Waals surface area contributed by atoms with Crippen LogP contribution >= 0.6 is 0 Å². The number of aromatic nitrogens is 4. The topological polar surface area (TPSA) is 68.8 Å². The third-order valence-electron chi connectivity index (χ3n) is 4.48. The van der Waals surface area contributed by atoms with Gasteiger partial charge < -0.3 is 9.84 Å². The lowest BCUT2D eigenvalue weighted by Crippen LogP contribution is -2.03. The molecule has 0 aliphatic rings. The number of halogens is 2. The fraction of sp³-hybridized carbons (Fsp3) is 0.0909. The monoisotopic (exact) mass is 405 g/mol. The second-order valence-electron chi connectivity index (χ2n) is 6.53. The van der Waals surface area contributed by atoms with Gasteiger partial charge in [-0.15, -0.1) is 5.73 Å². The van der Waals surface area contributed by atoms with Gasteiger partial charge >= 0.3 is 0 Å². The number of nitrogens with one attached hydrogen (secondary N) is 1. The van der Waals surface area contributed by atoms with Crippen molar-refractivity contribution >= 4 is 11.4 Å². The first-order valence-electron chi connectivity index (χ1n) is 9.03. The van der Waals surface area contributed by atoms with Gasteiger partial charge in [-0.2, -0.15) is 10.1 Å². The van der Waals surface area contributed by atoms with Gasteiger partial charge in [-0.05, 0) is 35.9 Å². The van der Waals surface area contributed by atoms with Crippen molar-refractivity contribution in [2.75, 3.05) is 5.32 Å². The van der Waals surface area contributed by atoms with Crippen molar-refractivity contribution in [3.8, 4) is 22.8 Å². The first-order valence-corrected chi connectivity index (χ1v) is 9.03. The molecule has 0 saturated heterocycles. The molecule has 0 atom stereocenters. The molecule has 0 saturated carbocycles. The van der Waals surface area contributed by atoms with E-state index >= 15 is 0 Å². The summed E-state index contributed by atoms with van der Waals surface area (Å²) in [6.07, 6.45) is 0. The zero-order valence-corrected chi connectivity index (χ0v) is 16.3. The van der Waals surface area contributed by atoms with Crippen molar-refractivity contribution in [3.05, 3.63) is 83.9 Å². The Bertz CT molecular complexity index is 1250. The number of benzene rings is 2. The average molecular weight is 405 g/mol. The maximum absolute atomic E-state index is 14.1. The quantitative estimate of drug-likeness (QED) is 0.475. The highest BCUT2D eigenvalue weighted by atomic mass is 19.1. The summed E-state index contributed by atoms with van der Waals surface area (Å²) in [6.45, 7) is 5.25. The van der Waals surface area contributed by atoms with E-state index in [4.69, 9.17) is 4.52 Å². The van der Waals surface area contributed by atoms with Crippen molar-refractivity contribution in [2.45, 2.75) is 6.92 Å². The Hall–Kier alpha value is -4.03. The van der Waals surface area contributed by atoms with Gasteiger partial charge in [0.1, 0.15) is 17.3 Å². The van der Waals surface area contributed by atoms with Crippen LogP contribution in [0.2, 0.25) is 0 Å². The fourth-order valence-electron chi connectivity index (χ4n) is 3.05. The first-order chi connectivity index (χ1) is 14.5. The molecule has 2 aromatic carbocycles. The Kier molecular flexibility index (Phi) is 5.00. The molecule has 6 nitrogen and oxygen atoms in total. The molecule has 0 bridgehead atoms. The molecule has 0 unspecified atom stereocenters. The van der Waals surface area contributed by atoms with Crippen LogP contribution in [0.1, 0.15) is 11.5 Å². The van der Waals surface area contributed by atoms with Crippen molar-refractivity contribution in [3.63, 3.8) is 0 Å². The van der Waals surface area contributed by atoms with E-state index < -0.39 is 11.6 Å². The Morgan fingerprint density at radius 3 is 2.43 bits per heavy atom. The van der Waals surface area contributed by atoms with Crippen LogP contribution in [0.5, 0.6) is 0 Å². The summed E-state index contributed by atoms with van der Waals surface area (Å²) < 4.78 is 34.9. The van der Waals surface area contributed by atoms with Crippen LogP contribution in [0.25, 0.3) is 28.5 Å². The zero-order chi connectivity index (χ0) is 21.3. The standard InChI is InChI=1S/C22H17F2N5O/c1-4-18(21-16(23)6-5-7-17(21)24)26-15-10-8-14(9-11-15)20-12-19(27-29(20)3)22-25-13(2)30-28-22/h5-12,26H,1H2,2-3H3. The van der Waals surface area contributed by atoms with Crippen molar-refractivity contribution in [1.29, 1.82) is 0 Å². The van der Waals surface area contributed by atoms with Gasteiger partial charge in [-0.1, -0.05) is 29.9 Å². The summed E-state index contributed by atoms with van der Waals surface area (Å²) in [5.74, 6) is -0.501. The highest BCUT2D eigenvalue weighted by Gasteiger charge is 2.15. The van der Waals surface area contributed by atoms with Gasteiger partial charge in [-0.3, -0.25) is 4.68 Å². The van der Waals surface area contributed by atoms with E-state index in [2.05, 4.69) is 32.9 Å². The maximum Gasteiger partial charge on any atom is 0.223 e. The number of aryl methyl sites for hydroxylation is 2. The number of rotatable bonds is 5. The molecule has 1 N–H and O–H groups in total. The molecular weight excluding hydrogens is 388 g/mol. The first kappa shape index (κ1) is 19.3. The van der Waals surface area contributed by atoms with Crippen LogP contribution < -0.4 is 5.32 Å². The van der Waals surface area contributed by atoms with Crippen molar-refractivity contribution in [2.24, 2.45) is 7.05 Å². The van der Waals surface area contributed by atoms with E-state index in [0.29, 0.717) is 23.1 Å². The summed E-state index contributed by atoms with van der Waals surface area (Å²) in [7, 11) is 1.82. The van der Waals surface area contributed by atoms with E-state index in [-0.39, 0.29) is 11.3 Å². The molecule has 4 aromatic rings. The second kappa shape index (κ2) is 7.77. The summed E-state index contributed by atoms with van der Waals surface area (Å²) >= 11 is 0. The van der Waals surface area contributed by atoms with Crippen molar-refractivity contribution < 1.29 is 13.3 Å². The molecule has 150 valence electrons. The number of hydrogen-bond donors (Lipinski definition) is 1. The van der Waals surface area contributed by atoms with Gasteiger partial charge in [0.05, 0.1) is 17.0 Å². The predicted molar refractivity (Wildman–Crippen MR) is 109 cm³/mol. The lowest BCUT2D eigenvalue weighted by molar-refractivity contribution is 0.394. The van der Waals surface area contributed by atoms with Crippen LogP contribution in [-0.4, -0.2) is 19.9 Å². The molecule has 0 fully saturated rings. The summed E-state index contributed by atoms with van der Waals surface area (Å²) in [4.78, 5) is 4.19. The lowest BCUT2D eigenvalue weighted by atomic mass is 10.1. The SMILES string of the molecule is C=C=C(Nc1ccc(-c2cc(-c3noc(C)n3)nn2C)cc1)c1c(F)cccc1F. The largest absolute Gasteiger partial charge is 0.348 e. The van der Waals surface area contributed by atoms with Gasteiger partial charge in [-0.25, -0.2) is 8.78 Å². The third kappa shape index (κ3) is 3.64. The summed E-state index contributed by atoms with van der Waals surface area (Å²) in [5, 5.41) is 11.3. The van der Waals surface area contributed by atoms with Gasteiger partial charge in [0, 0.05) is 19.7 Å². The molecule has 4 rings (SSSR count). The Morgan fingerprint density at radius 1 is 1.13 bits per heavy atom. The van der Waals surface area contributed by atoms with Gasteiger partial charge in [0.25, 0.3) is 0 Å². The van der Waals surface area contributed by atoms with Crippen molar-refractivity contribution in [1.82, 2.24) is 19.9 Å². The predicted octanol–water partition coefficient (Wildman–Crippen LogP) is 4.96. The molecule has 0 radical (unpaired) electrons. The molecule has 0 spiro atoms. The Labute approximate surface area is 171 Å². The molecular formula is C22H17F2N5O. The van der Waals surface area contributed by atoms with E-state index in [9.17, 15) is 8.78 Å². The van der Waals surface area contributed by atoms with Crippen LogP contribution in [0.3, 0.4) is 0 Å². The third-order valence-corrected chi connectivity index (χ3v) is 4.48. The van der Waals surface area contributed by atoms with Crippen LogP contribution in [0.4, 0.5) is 14.5 Å². The summed E-state index contributed by atoms with van der Waals surface area (Å²) in [5.41, 5.74) is 5.44. The van der Waals surface area contributed by atoms with Crippen LogP contribution in [0, 0.1) is 18.6 Å². The minimum absolute atomic E-state index is 0.119. The smallest absolute Gasteiger partial charge is 0.223 e. The lowest BCUT2D eigenvalue weighted by Gasteiger charge is -2.11. The Morgan fingerprint density at radius 2 is 1.83 bits per heavy atom.